The highest BCUT2D eigenvalue weighted by atomic mass is 19.1. The molecular formula is C14H23FN2O. The molecule has 2 N–H and O–H groups in total. The SMILES string of the molecule is COc1ccc(CN(C)CC(C)(C)CN)cc1F. The Hall–Kier alpha value is -1.13. The predicted molar refractivity (Wildman–Crippen MR) is 72.1 cm³/mol. The third kappa shape index (κ3) is 4.27. The van der Waals surface area contributed by atoms with E-state index in [1.165, 1.54) is 13.2 Å². The van der Waals surface area contributed by atoms with Crippen LogP contribution in [0.25, 0.3) is 0 Å². The van der Waals surface area contributed by atoms with Gasteiger partial charge in [0.05, 0.1) is 7.11 Å². The molecule has 0 aliphatic heterocycles. The molecule has 1 rings (SSSR count). The topological polar surface area (TPSA) is 38.5 Å². The number of hydrogen-bond acceptors (Lipinski definition) is 3. The standard InChI is InChI=1S/C14H23FN2O/c1-14(2,9-16)10-17(3)8-11-5-6-13(18-4)12(15)7-11/h5-7H,8-10,16H2,1-4H3. The number of methoxy groups -OCH3 is 1. The van der Waals surface area contributed by atoms with Crippen LogP contribution in [0.1, 0.15) is 19.4 Å². The molecule has 18 heavy (non-hydrogen) atoms. The fourth-order valence-electron chi connectivity index (χ4n) is 1.97. The first-order chi connectivity index (χ1) is 8.38. The van der Waals surface area contributed by atoms with Gasteiger partial charge in [-0.15, -0.1) is 0 Å². The molecule has 0 aliphatic rings. The number of hydrogen-bond donors (Lipinski definition) is 1. The maximum atomic E-state index is 13.5. The van der Waals surface area contributed by atoms with Crippen LogP contribution in [-0.2, 0) is 6.54 Å². The highest BCUT2D eigenvalue weighted by Gasteiger charge is 2.18. The number of benzene rings is 1. The van der Waals surface area contributed by atoms with Crippen LogP contribution in [-0.4, -0.2) is 32.1 Å². The first kappa shape index (κ1) is 14.9. The lowest BCUT2D eigenvalue weighted by Gasteiger charge is -2.29. The Labute approximate surface area is 109 Å². The Balaban J connectivity index is 2.65. The van der Waals surface area contributed by atoms with E-state index >= 15 is 0 Å². The Morgan fingerprint density at radius 3 is 2.56 bits per heavy atom. The predicted octanol–water partition coefficient (Wildman–Crippen LogP) is 2.25. The highest BCUT2D eigenvalue weighted by Crippen LogP contribution is 2.20. The summed E-state index contributed by atoms with van der Waals surface area (Å²) in [6.45, 7) is 6.45. The van der Waals surface area contributed by atoms with Gasteiger partial charge in [-0.2, -0.15) is 0 Å². The molecule has 102 valence electrons. The lowest BCUT2D eigenvalue weighted by atomic mass is 9.93. The summed E-state index contributed by atoms with van der Waals surface area (Å²) < 4.78 is 18.4. The van der Waals surface area contributed by atoms with Gasteiger partial charge in [0.2, 0.25) is 0 Å². The molecule has 3 nitrogen and oxygen atoms in total. The van der Waals surface area contributed by atoms with Crippen LogP contribution in [0.3, 0.4) is 0 Å². The van der Waals surface area contributed by atoms with E-state index < -0.39 is 0 Å². The van der Waals surface area contributed by atoms with Crippen molar-refractivity contribution in [2.24, 2.45) is 11.1 Å². The molecule has 0 heterocycles. The largest absolute Gasteiger partial charge is 0.494 e. The van der Waals surface area contributed by atoms with Crippen molar-refractivity contribution in [3.63, 3.8) is 0 Å². The summed E-state index contributed by atoms with van der Waals surface area (Å²) in [7, 11) is 3.48. The third-order valence-electron chi connectivity index (χ3n) is 2.92. The molecule has 0 aromatic heterocycles. The third-order valence-corrected chi connectivity index (χ3v) is 2.92. The fourth-order valence-corrected chi connectivity index (χ4v) is 1.97. The Morgan fingerprint density at radius 2 is 2.06 bits per heavy atom. The number of rotatable bonds is 6. The molecule has 1 aromatic carbocycles. The van der Waals surface area contributed by atoms with Crippen LogP contribution in [0.2, 0.25) is 0 Å². The van der Waals surface area contributed by atoms with Crippen molar-refractivity contribution in [2.75, 3.05) is 27.2 Å². The minimum atomic E-state index is -0.318. The molecule has 0 saturated heterocycles. The lowest BCUT2D eigenvalue weighted by Crippen LogP contribution is -2.36. The van der Waals surface area contributed by atoms with Gasteiger partial charge in [-0.1, -0.05) is 19.9 Å². The first-order valence-electron chi connectivity index (χ1n) is 6.09. The summed E-state index contributed by atoms with van der Waals surface area (Å²) in [4.78, 5) is 2.15. The number of nitrogens with zero attached hydrogens (tertiary/aromatic N) is 1. The minimum absolute atomic E-state index is 0.0692. The van der Waals surface area contributed by atoms with E-state index in [9.17, 15) is 4.39 Å². The number of ether oxygens (including phenoxy) is 1. The van der Waals surface area contributed by atoms with Crippen LogP contribution < -0.4 is 10.5 Å². The molecule has 0 atom stereocenters. The summed E-state index contributed by atoms with van der Waals surface area (Å²) in [5, 5.41) is 0. The lowest BCUT2D eigenvalue weighted by molar-refractivity contribution is 0.209. The summed E-state index contributed by atoms with van der Waals surface area (Å²) in [6, 6.07) is 5.06. The zero-order valence-corrected chi connectivity index (χ0v) is 11.7. The van der Waals surface area contributed by atoms with Gasteiger partial charge in [0.25, 0.3) is 0 Å². The van der Waals surface area contributed by atoms with E-state index in [0.717, 1.165) is 12.1 Å². The van der Waals surface area contributed by atoms with Crippen molar-refractivity contribution >= 4 is 0 Å². The molecule has 0 amide bonds. The van der Waals surface area contributed by atoms with Gasteiger partial charge in [0.1, 0.15) is 0 Å². The molecule has 4 heteroatoms. The van der Waals surface area contributed by atoms with Crippen molar-refractivity contribution in [1.82, 2.24) is 4.90 Å². The van der Waals surface area contributed by atoms with Gasteiger partial charge in [-0.25, -0.2) is 4.39 Å². The van der Waals surface area contributed by atoms with Crippen LogP contribution in [0.4, 0.5) is 4.39 Å². The monoisotopic (exact) mass is 254 g/mol. The molecule has 0 fully saturated rings. The van der Waals surface area contributed by atoms with Gasteiger partial charge in [-0.3, -0.25) is 0 Å². The van der Waals surface area contributed by atoms with E-state index in [-0.39, 0.29) is 17.0 Å². The minimum Gasteiger partial charge on any atom is -0.494 e. The quantitative estimate of drug-likeness (QED) is 0.846. The van der Waals surface area contributed by atoms with Crippen LogP contribution in [0.5, 0.6) is 5.75 Å². The van der Waals surface area contributed by atoms with E-state index in [1.807, 2.05) is 13.1 Å². The van der Waals surface area contributed by atoms with Crippen LogP contribution in [0.15, 0.2) is 18.2 Å². The van der Waals surface area contributed by atoms with Crippen molar-refractivity contribution in [3.05, 3.63) is 29.6 Å². The average molecular weight is 254 g/mol. The van der Waals surface area contributed by atoms with Crippen molar-refractivity contribution < 1.29 is 9.13 Å². The van der Waals surface area contributed by atoms with Gasteiger partial charge >= 0.3 is 0 Å². The van der Waals surface area contributed by atoms with Gasteiger partial charge < -0.3 is 15.4 Å². The van der Waals surface area contributed by atoms with E-state index in [0.29, 0.717) is 13.1 Å². The highest BCUT2D eigenvalue weighted by molar-refractivity contribution is 5.29. The number of nitrogens with two attached hydrogens (primary N) is 1. The maximum Gasteiger partial charge on any atom is 0.165 e. The summed E-state index contributed by atoms with van der Waals surface area (Å²) >= 11 is 0. The summed E-state index contributed by atoms with van der Waals surface area (Å²) in [5.74, 6) is -0.0369. The first-order valence-corrected chi connectivity index (χ1v) is 6.09. The second-order valence-electron chi connectivity index (χ2n) is 5.51. The van der Waals surface area contributed by atoms with E-state index in [4.69, 9.17) is 10.5 Å². The normalized spacial score (nSPS) is 11.9. The maximum absolute atomic E-state index is 13.5. The average Bonchev–Trinajstić information content (AvgIpc) is 2.28. The van der Waals surface area contributed by atoms with E-state index in [1.54, 1.807) is 6.07 Å². The molecule has 1 aromatic rings. The second-order valence-corrected chi connectivity index (χ2v) is 5.51. The molecule has 0 spiro atoms. The Bertz CT molecular complexity index is 393. The van der Waals surface area contributed by atoms with E-state index in [2.05, 4.69) is 18.7 Å². The van der Waals surface area contributed by atoms with Crippen molar-refractivity contribution in [2.45, 2.75) is 20.4 Å². The van der Waals surface area contributed by atoms with Crippen LogP contribution >= 0.6 is 0 Å². The Morgan fingerprint density at radius 1 is 1.39 bits per heavy atom. The molecule has 0 bridgehead atoms. The molecular weight excluding hydrogens is 231 g/mol. The number of halogens is 1. The molecule has 0 aliphatic carbocycles. The zero-order valence-electron chi connectivity index (χ0n) is 11.7. The van der Waals surface area contributed by atoms with Gasteiger partial charge in [0, 0.05) is 13.1 Å². The molecule has 0 saturated carbocycles. The molecule has 0 unspecified atom stereocenters. The smallest absolute Gasteiger partial charge is 0.165 e. The van der Waals surface area contributed by atoms with Gasteiger partial charge in [-0.05, 0) is 36.7 Å². The van der Waals surface area contributed by atoms with Crippen LogP contribution in [0, 0.1) is 11.2 Å². The zero-order chi connectivity index (χ0) is 13.8. The van der Waals surface area contributed by atoms with Gasteiger partial charge in [0.15, 0.2) is 11.6 Å². The fraction of sp³-hybridized carbons (Fsp3) is 0.571. The Kier molecular flexibility index (Phi) is 5.11. The molecule has 0 radical (unpaired) electrons. The second kappa shape index (κ2) is 6.16. The van der Waals surface area contributed by atoms with Crippen molar-refractivity contribution in [1.29, 1.82) is 0 Å². The summed E-state index contributed by atoms with van der Waals surface area (Å²) in [6.07, 6.45) is 0. The van der Waals surface area contributed by atoms with Crippen molar-refractivity contribution in [3.8, 4) is 5.75 Å². The summed E-state index contributed by atoms with van der Waals surface area (Å²) in [5.41, 5.74) is 6.71.